The molecule has 0 aliphatic heterocycles. The molecule has 0 rings (SSSR count). The van der Waals surface area contributed by atoms with Crippen LogP contribution in [0.2, 0.25) is 0 Å². The zero-order valence-corrected chi connectivity index (χ0v) is 8.34. The minimum atomic E-state index is -4.25. The van der Waals surface area contributed by atoms with Gasteiger partial charge in [-0.15, -0.1) is 0 Å². The molecule has 0 radical (unpaired) electrons. The summed E-state index contributed by atoms with van der Waals surface area (Å²) < 4.78 is 30.2. The van der Waals surface area contributed by atoms with Gasteiger partial charge in [-0.2, -0.15) is 8.42 Å². The molecule has 1 amide bonds. The Labute approximate surface area is 127 Å². The fraction of sp³-hybridized carbons (Fsp3) is 0.571. The SMILES string of the molecule is C=CC(=O)NC(C(C)C)S(=O)(=O)O.[KH]. The van der Waals surface area contributed by atoms with Gasteiger partial charge in [-0.05, 0) is 12.0 Å². The Morgan fingerprint density at radius 1 is 1.50 bits per heavy atom. The van der Waals surface area contributed by atoms with Gasteiger partial charge in [0.25, 0.3) is 10.1 Å². The molecule has 78 valence electrons. The van der Waals surface area contributed by atoms with Crippen LogP contribution in [-0.2, 0) is 14.9 Å². The number of rotatable bonds is 4. The van der Waals surface area contributed by atoms with Crippen molar-refractivity contribution >= 4 is 67.4 Å². The second kappa shape index (κ2) is 7.10. The molecule has 0 aromatic carbocycles. The number of nitrogens with one attached hydrogen (secondary N) is 1. The van der Waals surface area contributed by atoms with Gasteiger partial charge >= 0.3 is 51.4 Å². The van der Waals surface area contributed by atoms with Crippen molar-refractivity contribution in [1.29, 1.82) is 0 Å². The first-order valence-electron chi connectivity index (χ1n) is 3.68. The fourth-order valence-electron chi connectivity index (χ4n) is 0.784. The predicted molar refractivity (Wildman–Crippen MR) is 55.7 cm³/mol. The van der Waals surface area contributed by atoms with Crippen LogP contribution in [0.3, 0.4) is 0 Å². The Balaban J connectivity index is 0. The van der Waals surface area contributed by atoms with Crippen LogP contribution in [-0.4, -0.2) is 75.6 Å². The maximum atomic E-state index is 10.8. The first-order valence-corrected chi connectivity index (χ1v) is 5.18. The summed E-state index contributed by atoms with van der Waals surface area (Å²) in [5.41, 5.74) is 0. The third-order valence-electron chi connectivity index (χ3n) is 1.40. The van der Waals surface area contributed by atoms with Crippen molar-refractivity contribution in [2.45, 2.75) is 19.2 Å². The van der Waals surface area contributed by atoms with Crippen LogP contribution in [0.5, 0.6) is 0 Å². The summed E-state index contributed by atoms with van der Waals surface area (Å²) in [7, 11) is -4.25. The Bertz CT molecular complexity index is 299. The van der Waals surface area contributed by atoms with Crippen LogP contribution in [0.15, 0.2) is 12.7 Å². The number of carbonyl (C=O) groups is 1. The first kappa shape index (κ1) is 17.2. The maximum absolute atomic E-state index is 10.8. The van der Waals surface area contributed by atoms with Crippen LogP contribution in [0, 0.1) is 5.92 Å². The van der Waals surface area contributed by atoms with Crippen LogP contribution in [0.25, 0.3) is 0 Å². The van der Waals surface area contributed by atoms with Gasteiger partial charge in [0.15, 0.2) is 5.37 Å². The minimum absolute atomic E-state index is 0. The Kier molecular flexibility index (Phi) is 8.70. The summed E-state index contributed by atoms with van der Waals surface area (Å²) in [5, 5.41) is 0.831. The molecule has 0 heterocycles. The molecular formula is C7H14KNO4S. The molecular weight excluding hydrogens is 233 g/mol. The summed E-state index contributed by atoms with van der Waals surface area (Å²) in [6, 6.07) is 0. The van der Waals surface area contributed by atoms with Crippen molar-refractivity contribution in [2.75, 3.05) is 0 Å². The summed E-state index contributed by atoms with van der Waals surface area (Å²) in [6.07, 6.45) is 0.945. The van der Waals surface area contributed by atoms with E-state index in [1.807, 2.05) is 0 Å². The van der Waals surface area contributed by atoms with Gasteiger partial charge in [0.2, 0.25) is 5.91 Å². The zero-order chi connectivity index (χ0) is 10.6. The zero-order valence-electron chi connectivity index (χ0n) is 7.52. The average molecular weight is 247 g/mol. The molecule has 0 aromatic heterocycles. The van der Waals surface area contributed by atoms with E-state index in [9.17, 15) is 13.2 Å². The van der Waals surface area contributed by atoms with E-state index >= 15 is 0 Å². The summed E-state index contributed by atoms with van der Waals surface area (Å²) in [5.74, 6) is -1.03. The number of carbonyl (C=O) groups excluding carboxylic acids is 1. The number of hydrogen-bond donors (Lipinski definition) is 2. The van der Waals surface area contributed by atoms with E-state index in [0.717, 1.165) is 6.08 Å². The second-order valence-corrected chi connectivity index (χ2v) is 4.43. The molecule has 0 spiro atoms. The summed E-state index contributed by atoms with van der Waals surface area (Å²) >= 11 is 0. The van der Waals surface area contributed by atoms with Crippen molar-refractivity contribution in [3.05, 3.63) is 12.7 Å². The molecule has 0 aliphatic carbocycles. The van der Waals surface area contributed by atoms with Gasteiger partial charge in [-0.3, -0.25) is 9.35 Å². The quantitative estimate of drug-likeness (QED) is 0.399. The second-order valence-electron chi connectivity index (χ2n) is 2.89. The van der Waals surface area contributed by atoms with E-state index in [4.69, 9.17) is 4.55 Å². The monoisotopic (exact) mass is 247 g/mol. The van der Waals surface area contributed by atoms with Gasteiger partial charge < -0.3 is 5.32 Å². The molecule has 0 saturated heterocycles. The van der Waals surface area contributed by atoms with Gasteiger partial charge in [-0.25, -0.2) is 0 Å². The molecule has 1 atom stereocenters. The van der Waals surface area contributed by atoms with Crippen LogP contribution >= 0.6 is 0 Å². The molecule has 0 aliphatic rings. The molecule has 0 bridgehead atoms. The molecule has 2 N–H and O–H groups in total. The van der Waals surface area contributed by atoms with E-state index in [0.29, 0.717) is 0 Å². The van der Waals surface area contributed by atoms with E-state index in [-0.39, 0.29) is 51.4 Å². The molecule has 7 heteroatoms. The number of hydrogen-bond acceptors (Lipinski definition) is 3. The van der Waals surface area contributed by atoms with Gasteiger partial charge in [0, 0.05) is 0 Å². The third-order valence-corrected chi connectivity index (χ3v) is 2.70. The molecule has 0 saturated carbocycles. The summed E-state index contributed by atoms with van der Waals surface area (Å²) in [6.45, 7) is 6.31. The molecule has 5 nitrogen and oxygen atoms in total. The predicted octanol–water partition coefficient (Wildman–Crippen LogP) is -0.490. The Morgan fingerprint density at radius 3 is 2.14 bits per heavy atom. The Hall–Kier alpha value is 0.756. The van der Waals surface area contributed by atoms with Crippen molar-refractivity contribution < 1.29 is 17.8 Å². The van der Waals surface area contributed by atoms with E-state index in [1.165, 1.54) is 0 Å². The van der Waals surface area contributed by atoms with Crippen molar-refractivity contribution in [1.82, 2.24) is 5.32 Å². The van der Waals surface area contributed by atoms with Gasteiger partial charge in [0.05, 0.1) is 0 Å². The molecule has 1 unspecified atom stereocenters. The average Bonchev–Trinajstić information content (AvgIpc) is 1.96. The first-order chi connectivity index (χ1) is 5.79. The van der Waals surface area contributed by atoms with E-state index in [2.05, 4.69) is 11.9 Å². The van der Waals surface area contributed by atoms with Crippen LogP contribution in [0.1, 0.15) is 13.8 Å². The summed E-state index contributed by atoms with van der Waals surface area (Å²) in [4.78, 5) is 10.8. The van der Waals surface area contributed by atoms with Crippen LogP contribution < -0.4 is 5.32 Å². The van der Waals surface area contributed by atoms with E-state index < -0.39 is 27.3 Å². The van der Waals surface area contributed by atoms with Crippen molar-refractivity contribution in [3.8, 4) is 0 Å². The van der Waals surface area contributed by atoms with Gasteiger partial charge in [-0.1, -0.05) is 20.4 Å². The standard InChI is InChI=1S/C7H13NO4S.K.H/c1-4-6(9)8-7(5(2)3)13(10,11)12;;/h4-5,7H,1H2,2-3H3,(H,8,9)(H,10,11,12);;. The normalized spacial score (nSPS) is 12.9. The molecule has 14 heavy (non-hydrogen) atoms. The number of amides is 1. The van der Waals surface area contributed by atoms with Crippen molar-refractivity contribution in [2.24, 2.45) is 5.92 Å². The van der Waals surface area contributed by atoms with Crippen LogP contribution in [0.4, 0.5) is 0 Å². The molecule has 0 fully saturated rings. The topological polar surface area (TPSA) is 83.5 Å². The Morgan fingerprint density at radius 2 is 1.93 bits per heavy atom. The van der Waals surface area contributed by atoms with Crippen molar-refractivity contribution in [3.63, 3.8) is 0 Å². The fourth-order valence-corrected chi connectivity index (χ4v) is 1.74. The van der Waals surface area contributed by atoms with E-state index in [1.54, 1.807) is 13.8 Å². The third kappa shape index (κ3) is 6.28. The molecule has 0 aromatic rings. The van der Waals surface area contributed by atoms with Gasteiger partial charge in [0.1, 0.15) is 0 Å².